The molecule has 0 aliphatic rings. The summed E-state index contributed by atoms with van der Waals surface area (Å²) in [7, 11) is 0. The highest BCUT2D eigenvalue weighted by molar-refractivity contribution is 7.98. The zero-order chi connectivity index (χ0) is 16.8. The molecular formula is C18H18N4OS. The molecule has 3 rings (SSSR count). The van der Waals surface area contributed by atoms with Gasteiger partial charge in [0, 0.05) is 4.90 Å². The lowest BCUT2D eigenvalue weighted by Gasteiger charge is -2.08. The van der Waals surface area contributed by atoms with E-state index in [1.165, 1.54) is 4.90 Å². The van der Waals surface area contributed by atoms with Crippen molar-refractivity contribution in [2.75, 3.05) is 18.3 Å². The van der Waals surface area contributed by atoms with Crippen molar-refractivity contribution in [1.82, 2.24) is 9.97 Å². The van der Waals surface area contributed by atoms with Crippen molar-refractivity contribution < 1.29 is 4.74 Å². The number of nitrogens with one attached hydrogen (secondary N) is 1. The number of nitrogens with zero attached hydrogens (tertiary/aromatic N) is 3. The molecular weight excluding hydrogens is 320 g/mol. The highest BCUT2D eigenvalue weighted by atomic mass is 32.2. The summed E-state index contributed by atoms with van der Waals surface area (Å²) in [6, 6.07) is 15.8. The Hall–Kier alpha value is -2.60. The first-order chi connectivity index (χ1) is 11.8. The minimum absolute atomic E-state index is 0.450. The average Bonchev–Trinajstić information content (AvgIpc) is 2.63. The first-order valence-electron chi connectivity index (χ1n) is 7.63. The van der Waals surface area contributed by atoms with Crippen LogP contribution in [-0.2, 0) is 0 Å². The lowest BCUT2D eigenvalue weighted by atomic mass is 10.2. The highest BCUT2D eigenvalue weighted by Gasteiger charge is 2.08. The number of fused-ring (bicyclic) bond motifs is 1. The van der Waals surface area contributed by atoms with Crippen molar-refractivity contribution in [3.63, 3.8) is 0 Å². The van der Waals surface area contributed by atoms with Crippen molar-refractivity contribution in [2.24, 2.45) is 5.10 Å². The van der Waals surface area contributed by atoms with Gasteiger partial charge in [-0.05, 0) is 43.0 Å². The van der Waals surface area contributed by atoms with Crippen LogP contribution in [0.15, 0.2) is 58.5 Å². The van der Waals surface area contributed by atoms with Crippen molar-refractivity contribution in [3.8, 4) is 5.88 Å². The molecule has 5 nitrogen and oxygen atoms in total. The van der Waals surface area contributed by atoms with Gasteiger partial charge in [-0.1, -0.05) is 24.3 Å². The Balaban J connectivity index is 1.82. The van der Waals surface area contributed by atoms with Crippen LogP contribution in [0.2, 0.25) is 0 Å². The zero-order valence-corrected chi connectivity index (χ0v) is 14.4. The third-order valence-electron chi connectivity index (χ3n) is 3.32. The molecule has 0 fully saturated rings. The monoisotopic (exact) mass is 338 g/mol. The smallest absolute Gasteiger partial charge is 0.259 e. The van der Waals surface area contributed by atoms with Gasteiger partial charge in [0.25, 0.3) is 5.88 Å². The Kier molecular flexibility index (Phi) is 5.28. The van der Waals surface area contributed by atoms with Gasteiger partial charge in [0.2, 0.25) is 5.82 Å². The van der Waals surface area contributed by atoms with E-state index in [0.717, 1.165) is 16.6 Å². The number of aromatic nitrogens is 2. The van der Waals surface area contributed by atoms with Crippen molar-refractivity contribution in [2.45, 2.75) is 11.8 Å². The summed E-state index contributed by atoms with van der Waals surface area (Å²) < 4.78 is 5.57. The van der Waals surface area contributed by atoms with E-state index in [9.17, 15) is 0 Å². The minimum Gasteiger partial charge on any atom is -0.475 e. The summed E-state index contributed by atoms with van der Waals surface area (Å²) in [5.41, 5.74) is 5.53. The maximum absolute atomic E-state index is 5.57. The first-order valence-corrected chi connectivity index (χ1v) is 8.85. The van der Waals surface area contributed by atoms with Crippen molar-refractivity contribution in [3.05, 3.63) is 54.1 Å². The minimum atomic E-state index is 0.450. The van der Waals surface area contributed by atoms with Gasteiger partial charge < -0.3 is 4.74 Å². The molecule has 1 aromatic heterocycles. The van der Waals surface area contributed by atoms with Gasteiger partial charge >= 0.3 is 0 Å². The molecule has 0 aliphatic carbocycles. The molecule has 1 N–H and O–H groups in total. The summed E-state index contributed by atoms with van der Waals surface area (Å²) in [5.74, 6) is 0.957. The fraction of sp³-hybridized carbons (Fsp3) is 0.167. The molecule has 0 amide bonds. The predicted octanol–water partition coefficient (Wildman–Crippen LogP) is 4.20. The quantitative estimate of drug-likeness (QED) is 0.415. The Morgan fingerprint density at radius 1 is 1.08 bits per heavy atom. The van der Waals surface area contributed by atoms with E-state index in [0.29, 0.717) is 18.3 Å². The molecule has 0 saturated carbocycles. The SMILES string of the molecule is CCOc1nc2ccccc2nc1N/N=C\c1ccc(SC)cc1. The second-order valence-corrected chi connectivity index (χ2v) is 5.82. The molecule has 0 spiro atoms. The van der Waals surface area contributed by atoms with E-state index in [1.807, 2.05) is 43.3 Å². The van der Waals surface area contributed by atoms with Crippen LogP contribution in [0.3, 0.4) is 0 Å². The second-order valence-electron chi connectivity index (χ2n) is 4.94. The largest absolute Gasteiger partial charge is 0.475 e. The standard InChI is InChI=1S/C18H18N4OS/c1-3-23-18-17(20-15-6-4-5-7-16(15)21-18)22-19-12-13-8-10-14(24-2)11-9-13/h4-12H,3H2,1-2H3,(H,20,22)/b19-12-. The third kappa shape index (κ3) is 3.83. The Labute approximate surface area is 145 Å². The molecule has 0 aliphatic heterocycles. The van der Waals surface area contributed by atoms with E-state index in [4.69, 9.17) is 4.74 Å². The molecule has 0 unspecified atom stereocenters. The van der Waals surface area contributed by atoms with Crippen LogP contribution in [-0.4, -0.2) is 29.0 Å². The Morgan fingerprint density at radius 2 is 1.79 bits per heavy atom. The van der Waals surface area contributed by atoms with Gasteiger partial charge in [0.15, 0.2) is 0 Å². The number of rotatable bonds is 6. The van der Waals surface area contributed by atoms with Gasteiger partial charge in [-0.25, -0.2) is 9.97 Å². The number of hydrazone groups is 1. The first kappa shape index (κ1) is 16.3. The molecule has 0 saturated heterocycles. The maximum atomic E-state index is 5.57. The number of para-hydroxylation sites is 2. The molecule has 1 heterocycles. The van der Waals surface area contributed by atoms with Crippen molar-refractivity contribution >= 4 is 34.8 Å². The van der Waals surface area contributed by atoms with E-state index in [-0.39, 0.29) is 0 Å². The zero-order valence-electron chi connectivity index (χ0n) is 13.6. The summed E-state index contributed by atoms with van der Waals surface area (Å²) in [5, 5.41) is 4.25. The molecule has 3 aromatic rings. The van der Waals surface area contributed by atoms with Gasteiger partial charge in [0.1, 0.15) is 0 Å². The lowest BCUT2D eigenvalue weighted by Crippen LogP contribution is -2.03. The topological polar surface area (TPSA) is 59.4 Å². The van der Waals surface area contributed by atoms with E-state index in [2.05, 4.69) is 38.9 Å². The molecule has 0 bridgehead atoms. The van der Waals surface area contributed by atoms with Crippen LogP contribution < -0.4 is 10.2 Å². The normalized spacial score (nSPS) is 11.1. The predicted molar refractivity (Wildman–Crippen MR) is 100 cm³/mol. The molecule has 6 heteroatoms. The van der Waals surface area contributed by atoms with Crippen LogP contribution in [0.25, 0.3) is 11.0 Å². The summed E-state index contributed by atoms with van der Waals surface area (Å²) in [6.07, 6.45) is 3.80. The fourth-order valence-electron chi connectivity index (χ4n) is 2.15. The van der Waals surface area contributed by atoms with E-state index < -0.39 is 0 Å². The van der Waals surface area contributed by atoms with Gasteiger partial charge in [-0.2, -0.15) is 5.10 Å². The van der Waals surface area contributed by atoms with E-state index in [1.54, 1.807) is 18.0 Å². The fourth-order valence-corrected chi connectivity index (χ4v) is 2.56. The second kappa shape index (κ2) is 7.79. The summed E-state index contributed by atoms with van der Waals surface area (Å²) in [6.45, 7) is 2.43. The van der Waals surface area contributed by atoms with Gasteiger partial charge in [-0.15, -0.1) is 11.8 Å². The number of thioether (sulfide) groups is 1. The number of benzene rings is 2. The highest BCUT2D eigenvalue weighted by Crippen LogP contribution is 2.23. The number of hydrogen-bond acceptors (Lipinski definition) is 6. The van der Waals surface area contributed by atoms with Crippen molar-refractivity contribution in [1.29, 1.82) is 0 Å². The molecule has 2 aromatic carbocycles. The van der Waals surface area contributed by atoms with Crippen LogP contribution in [0, 0.1) is 0 Å². The summed E-state index contributed by atoms with van der Waals surface area (Å²) >= 11 is 1.71. The maximum Gasteiger partial charge on any atom is 0.259 e. The van der Waals surface area contributed by atoms with Crippen LogP contribution in [0.5, 0.6) is 5.88 Å². The number of ether oxygens (including phenoxy) is 1. The molecule has 24 heavy (non-hydrogen) atoms. The summed E-state index contributed by atoms with van der Waals surface area (Å²) in [4.78, 5) is 10.2. The third-order valence-corrected chi connectivity index (χ3v) is 4.06. The van der Waals surface area contributed by atoms with Crippen LogP contribution >= 0.6 is 11.8 Å². The molecule has 0 atom stereocenters. The molecule has 0 radical (unpaired) electrons. The lowest BCUT2D eigenvalue weighted by molar-refractivity contribution is 0.328. The van der Waals surface area contributed by atoms with Crippen LogP contribution in [0.1, 0.15) is 12.5 Å². The van der Waals surface area contributed by atoms with Gasteiger partial charge in [-0.3, -0.25) is 5.43 Å². The number of anilines is 1. The number of hydrogen-bond donors (Lipinski definition) is 1. The Morgan fingerprint density at radius 3 is 2.46 bits per heavy atom. The van der Waals surface area contributed by atoms with Crippen LogP contribution in [0.4, 0.5) is 5.82 Å². The van der Waals surface area contributed by atoms with Gasteiger partial charge in [0.05, 0.1) is 23.9 Å². The average molecular weight is 338 g/mol. The van der Waals surface area contributed by atoms with E-state index >= 15 is 0 Å². The Bertz CT molecular complexity index is 849. The molecule has 122 valence electrons.